The second kappa shape index (κ2) is 7.95. The van der Waals surface area contributed by atoms with Gasteiger partial charge in [0.1, 0.15) is 4.90 Å². The molecule has 1 saturated heterocycles. The molecule has 3 rings (SSSR count). The summed E-state index contributed by atoms with van der Waals surface area (Å²) in [4.78, 5) is 14.4. The Balaban J connectivity index is 2.04. The predicted molar refractivity (Wildman–Crippen MR) is 104 cm³/mol. The first-order valence-electron chi connectivity index (χ1n) is 9.16. The van der Waals surface area contributed by atoms with Crippen molar-refractivity contribution >= 4 is 21.6 Å². The van der Waals surface area contributed by atoms with E-state index in [4.69, 9.17) is 4.74 Å². The van der Waals surface area contributed by atoms with Gasteiger partial charge in [0, 0.05) is 37.2 Å². The van der Waals surface area contributed by atoms with Crippen LogP contribution in [-0.4, -0.2) is 50.1 Å². The first-order chi connectivity index (χ1) is 13.9. The van der Waals surface area contributed by atoms with Gasteiger partial charge in [-0.2, -0.15) is 13.2 Å². The molecule has 1 aliphatic rings. The van der Waals surface area contributed by atoms with E-state index in [-0.39, 0.29) is 16.1 Å². The lowest BCUT2D eigenvalue weighted by atomic mass is 10.2. The van der Waals surface area contributed by atoms with Crippen LogP contribution in [0.3, 0.4) is 0 Å². The lowest BCUT2D eigenvalue weighted by Gasteiger charge is -2.27. The van der Waals surface area contributed by atoms with Crippen molar-refractivity contribution in [1.82, 2.24) is 9.47 Å². The van der Waals surface area contributed by atoms with Gasteiger partial charge in [-0.3, -0.25) is 9.52 Å². The third-order valence-electron chi connectivity index (χ3n) is 5.15. The maximum atomic E-state index is 13.2. The number of carbonyl (C=O) groups is 1. The number of hydrogen-bond acceptors (Lipinski definition) is 4. The molecule has 1 amide bonds. The van der Waals surface area contributed by atoms with Crippen LogP contribution < -0.4 is 4.72 Å². The molecule has 1 N–H and O–H groups in total. The second-order valence-corrected chi connectivity index (χ2v) is 8.64. The lowest BCUT2D eigenvalue weighted by Crippen LogP contribution is -2.41. The fraction of sp³-hybridized carbons (Fsp3) is 0.421. The van der Waals surface area contributed by atoms with Gasteiger partial charge in [-0.1, -0.05) is 6.07 Å². The van der Waals surface area contributed by atoms with Gasteiger partial charge in [0.05, 0.1) is 24.3 Å². The van der Waals surface area contributed by atoms with Crippen LogP contribution in [0.2, 0.25) is 0 Å². The summed E-state index contributed by atoms with van der Waals surface area (Å²) in [6, 6.07) is 3.90. The Bertz CT molecular complexity index is 1070. The summed E-state index contributed by atoms with van der Waals surface area (Å²) < 4.78 is 74.3. The first kappa shape index (κ1) is 22.2. The molecule has 0 spiro atoms. The van der Waals surface area contributed by atoms with Crippen LogP contribution in [-0.2, 0) is 28.0 Å². The molecular weight excluding hydrogens is 423 g/mol. The summed E-state index contributed by atoms with van der Waals surface area (Å²) in [6.45, 7) is 4.52. The highest BCUT2D eigenvalue weighted by atomic mass is 32.2. The lowest BCUT2D eigenvalue weighted by molar-refractivity contribution is -0.137. The summed E-state index contributed by atoms with van der Waals surface area (Å²) in [5.74, 6) is -0.455. The number of ether oxygens (including phenoxy) is 1. The van der Waals surface area contributed by atoms with Gasteiger partial charge in [-0.15, -0.1) is 0 Å². The third-order valence-corrected chi connectivity index (χ3v) is 6.69. The van der Waals surface area contributed by atoms with Gasteiger partial charge >= 0.3 is 6.18 Å². The molecule has 7 nitrogen and oxygen atoms in total. The van der Waals surface area contributed by atoms with Crippen LogP contribution >= 0.6 is 0 Å². The quantitative estimate of drug-likeness (QED) is 0.785. The Morgan fingerprint density at radius 3 is 2.37 bits per heavy atom. The molecule has 2 heterocycles. The maximum absolute atomic E-state index is 13.2. The van der Waals surface area contributed by atoms with E-state index in [1.54, 1.807) is 25.5 Å². The number of morpholine rings is 1. The topological polar surface area (TPSA) is 80.6 Å². The number of aromatic nitrogens is 1. The van der Waals surface area contributed by atoms with E-state index in [1.165, 1.54) is 11.0 Å². The molecule has 1 fully saturated rings. The van der Waals surface area contributed by atoms with E-state index in [0.717, 1.165) is 12.1 Å². The average molecular weight is 445 g/mol. The van der Waals surface area contributed by atoms with Crippen molar-refractivity contribution < 1.29 is 31.1 Å². The fourth-order valence-electron chi connectivity index (χ4n) is 3.39. The highest BCUT2D eigenvalue weighted by molar-refractivity contribution is 7.92. The molecule has 2 aromatic rings. The first-order valence-corrected chi connectivity index (χ1v) is 10.6. The standard InChI is InChI=1S/C19H22F3N3O4S/c1-12-16(18(26)25-7-9-29-10-8-25)17(13(2)24(12)3)30(27,28)23-15-6-4-5-14(11-15)19(20,21)22/h4-6,11,23H,7-10H2,1-3H3. The van der Waals surface area contributed by atoms with Crippen LogP contribution in [0.5, 0.6) is 0 Å². The van der Waals surface area contributed by atoms with Crippen molar-refractivity contribution in [2.45, 2.75) is 24.9 Å². The number of carbonyl (C=O) groups excluding carboxylic acids is 1. The SMILES string of the molecule is Cc1c(C(=O)N2CCOCC2)c(S(=O)(=O)Nc2cccc(C(F)(F)F)c2)c(C)n1C. The Labute approximate surface area is 172 Å². The summed E-state index contributed by atoms with van der Waals surface area (Å²) in [5.41, 5.74) is -0.447. The van der Waals surface area contributed by atoms with Crippen LogP contribution in [0.4, 0.5) is 18.9 Å². The highest BCUT2D eigenvalue weighted by Crippen LogP contribution is 2.33. The number of rotatable bonds is 4. The van der Waals surface area contributed by atoms with Crippen LogP contribution in [0, 0.1) is 13.8 Å². The van der Waals surface area contributed by atoms with E-state index >= 15 is 0 Å². The number of anilines is 1. The minimum atomic E-state index is -4.61. The number of hydrogen-bond donors (Lipinski definition) is 1. The molecule has 1 aromatic heterocycles. The summed E-state index contributed by atoms with van der Waals surface area (Å²) >= 11 is 0. The Hall–Kier alpha value is -2.53. The minimum Gasteiger partial charge on any atom is -0.378 e. The van der Waals surface area contributed by atoms with Gasteiger partial charge in [0.2, 0.25) is 0 Å². The molecule has 0 bridgehead atoms. The molecule has 30 heavy (non-hydrogen) atoms. The monoisotopic (exact) mass is 445 g/mol. The van der Waals surface area contributed by atoms with Crippen molar-refractivity contribution in [2.24, 2.45) is 7.05 Å². The van der Waals surface area contributed by atoms with Crippen molar-refractivity contribution in [3.8, 4) is 0 Å². The van der Waals surface area contributed by atoms with E-state index in [9.17, 15) is 26.4 Å². The average Bonchev–Trinajstić information content (AvgIpc) is 2.92. The Morgan fingerprint density at radius 2 is 1.77 bits per heavy atom. The van der Waals surface area contributed by atoms with Gasteiger partial charge in [-0.05, 0) is 32.0 Å². The predicted octanol–water partition coefficient (Wildman–Crippen LogP) is 2.93. The van der Waals surface area contributed by atoms with E-state index < -0.39 is 27.7 Å². The van der Waals surface area contributed by atoms with E-state index in [1.807, 2.05) is 0 Å². The number of benzene rings is 1. The minimum absolute atomic E-state index is 0.0105. The van der Waals surface area contributed by atoms with Crippen molar-refractivity contribution in [2.75, 3.05) is 31.0 Å². The van der Waals surface area contributed by atoms with Gasteiger partial charge in [-0.25, -0.2) is 8.42 Å². The number of amides is 1. The summed E-state index contributed by atoms with van der Waals surface area (Å²) in [6.07, 6.45) is -4.61. The van der Waals surface area contributed by atoms with Gasteiger partial charge in [0.15, 0.2) is 0 Å². The summed E-state index contributed by atoms with van der Waals surface area (Å²) in [5, 5.41) is 0. The van der Waals surface area contributed by atoms with Crippen molar-refractivity contribution in [3.05, 3.63) is 46.8 Å². The third kappa shape index (κ3) is 4.17. The smallest absolute Gasteiger partial charge is 0.378 e. The van der Waals surface area contributed by atoms with Crippen molar-refractivity contribution in [3.63, 3.8) is 0 Å². The Morgan fingerprint density at radius 1 is 1.13 bits per heavy atom. The molecular formula is C19H22F3N3O4S. The molecule has 0 atom stereocenters. The number of nitrogens with one attached hydrogen (secondary N) is 1. The van der Waals surface area contributed by atoms with Crippen LogP contribution in [0.25, 0.3) is 0 Å². The van der Waals surface area contributed by atoms with E-state index in [2.05, 4.69) is 4.72 Å². The zero-order chi connectivity index (χ0) is 22.3. The van der Waals surface area contributed by atoms with Crippen LogP contribution in [0.1, 0.15) is 27.3 Å². The normalized spacial score (nSPS) is 15.3. The highest BCUT2D eigenvalue weighted by Gasteiger charge is 2.34. The molecule has 0 radical (unpaired) electrons. The second-order valence-electron chi connectivity index (χ2n) is 7.02. The van der Waals surface area contributed by atoms with Gasteiger partial charge in [0.25, 0.3) is 15.9 Å². The molecule has 0 saturated carbocycles. The summed E-state index contributed by atoms with van der Waals surface area (Å²) in [7, 11) is -2.71. The fourth-order valence-corrected chi connectivity index (χ4v) is 4.96. The molecule has 11 heteroatoms. The van der Waals surface area contributed by atoms with Crippen molar-refractivity contribution in [1.29, 1.82) is 0 Å². The number of halogens is 3. The molecule has 1 aliphatic heterocycles. The molecule has 1 aromatic carbocycles. The number of sulfonamides is 1. The molecule has 0 aliphatic carbocycles. The van der Waals surface area contributed by atoms with E-state index in [0.29, 0.717) is 43.8 Å². The molecule has 0 unspecified atom stereocenters. The molecule has 164 valence electrons. The number of alkyl halides is 3. The zero-order valence-corrected chi connectivity index (χ0v) is 17.5. The number of nitrogens with zero attached hydrogens (tertiary/aromatic N) is 2. The largest absolute Gasteiger partial charge is 0.416 e. The van der Waals surface area contributed by atoms with Gasteiger partial charge < -0.3 is 14.2 Å². The maximum Gasteiger partial charge on any atom is 0.416 e. The van der Waals surface area contributed by atoms with Crippen LogP contribution in [0.15, 0.2) is 29.2 Å². The Kier molecular flexibility index (Phi) is 5.87. The zero-order valence-electron chi connectivity index (χ0n) is 16.7.